The molecule has 4 heteroatoms. The number of benzene rings is 2. The van der Waals surface area contributed by atoms with Gasteiger partial charge in [-0.1, -0.05) is 31.2 Å². The van der Waals surface area contributed by atoms with Crippen molar-refractivity contribution in [2.75, 3.05) is 0 Å². The van der Waals surface area contributed by atoms with Crippen LogP contribution in [0.25, 0.3) is 0 Å². The number of rotatable bonds is 4. The quantitative estimate of drug-likeness (QED) is 0.792. The SMILES string of the molecule is CC(c1cccc(OC#N)c1)c1cccc(OC#N)c1. The maximum atomic E-state index is 8.54. The molecular weight excluding hydrogens is 252 g/mol. The Morgan fingerprint density at radius 3 is 1.70 bits per heavy atom. The number of nitriles is 2. The van der Waals surface area contributed by atoms with Gasteiger partial charge in [0.15, 0.2) is 0 Å². The molecule has 0 radical (unpaired) electrons. The Balaban J connectivity index is 2.29. The van der Waals surface area contributed by atoms with Crippen molar-refractivity contribution in [3.63, 3.8) is 0 Å². The third-order valence-electron chi connectivity index (χ3n) is 3.04. The van der Waals surface area contributed by atoms with E-state index in [1.54, 1.807) is 24.6 Å². The molecule has 20 heavy (non-hydrogen) atoms. The molecule has 0 saturated carbocycles. The first-order valence-electron chi connectivity index (χ1n) is 6.06. The minimum atomic E-state index is 0.0967. The molecule has 0 aromatic heterocycles. The third kappa shape index (κ3) is 3.07. The topological polar surface area (TPSA) is 66.0 Å². The number of hydrogen-bond donors (Lipinski definition) is 0. The van der Waals surface area contributed by atoms with Crippen LogP contribution in [0.4, 0.5) is 0 Å². The molecule has 98 valence electrons. The normalized spacial score (nSPS) is 9.60. The largest absolute Gasteiger partial charge is 0.388 e. The van der Waals surface area contributed by atoms with Gasteiger partial charge >= 0.3 is 0 Å². The Bertz CT molecular complexity index is 624. The summed E-state index contributed by atoms with van der Waals surface area (Å²) >= 11 is 0. The van der Waals surface area contributed by atoms with E-state index in [-0.39, 0.29) is 5.92 Å². The fourth-order valence-corrected chi connectivity index (χ4v) is 1.99. The van der Waals surface area contributed by atoms with Crippen LogP contribution in [0.1, 0.15) is 24.0 Å². The van der Waals surface area contributed by atoms with Gasteiger partial charge < -0.3 is 9.47 Å². The first-order chi connectivity index (χ1) is 9.74. The summed E-state index contributed by atoms with van der Waals surface area (Å²) in [6.45, 7) is 2.04. The third-order valence-corrected chi connectivity index (χ3v) is 3.04. The van der Waals surface area contributed by atoms with Crippen LogP contribution >= 0.6 is 0 Å². The van der Waals surface area contributed by atoms with Gasteiger partial charge in [-0.15, -0.1) is 10.5 Å². The van der Waals surface area contributed by atoms with Crippen LogP contribution in [-0.4, -0.2) is 0 Å². The predicted octanol–water partition coefficient (Wildman–Crippen LogP) is 3.56. The summed E-state index contributed by atoms with van der Waals surface area (Å²) < 4.78 is 9.67. The van der Waals surface area contributed by atoms with E-state index in [9.17, 15) is 0 Å². The molecule has 0 N–H and O–H groups in total. The van der Waals surface area contributed by atoms with E-state index in [0.717, 1.165) is 11.1 Å². The fraction of sp³-hybridized carbons (Fsp3) is 0.125. The van der Waals surface area contributed by atoms with Gasteiger partial charge in [-0.25, -0.2) is 0 Å². The summed E-state index contributed by atoms with van der Waals surface area (Å²) in [5.74, 6) is 1.13. The lowest BCUT2D eigenvalue weighted by Crippen LogP contribution is -1.97. The maximum absolute atomic E-state index is 8.54. The minimum Gasteiger partial charge on any atom is -0.388 e. The van der Waals surface area contributed by atoms with Crippen molar-refractivity contribution in [1.29, 1.82) is 10.5 Å². The first kappa shape index (κ1) is 13.5. The van der Waals surface area contributed by atoms with E-state index in [1.165, 1.54) is 0 Å². The predicted molar refractivity (Wildman–Crippen MR) is 72.9 cm³/mol. The molecule has 0 unspecified atom stereocenters. The second-order valence-corrected chi connectivity index (χ2v) is 4.25. The van der Waals surface area contributed by atoms with Crippen LogP contribution in [-0.2, 0) is 0 Å². The lowest BCUT2D eigenvalue weighted by Gasteiger charge is -2.13. The van der Waals surface area contributed by atoms with E-state index in [0.29, 0.717) is 11.5 Å². The molecule has 0 amide bonds. The second-order valence-electron chi connectivity index (χ2n) is 4.25. The van der Waals surface area contributed by atoms with Gasteiger partial charge in [-0.2, -0.15) is 0 Å². The second kappa shape index (κ2) is 6.26. The number of ether oxygens (including phenoxy) is 2. The molecule has 2 aromatic carbocycles. The van der Waals surface area contributed by atoms with Crippen LogP contribution in [0, 0.1) is 23.0 Å². The summed E-state index contributed by atoms with van der Waals surface area (Å²) in [5.41, 5.74) is 2.04. The smallest absolute Gasteiger partial charge is 0.292 e. The molecule has 0 atom stereocenters. The van der Waals surface area contributed by atoms with Crippen LogP contribution in [0.15, 0.2) is 48.5 Å². The van der Waals surface area contributed by atoms with Gasteiger partial charge in [-0.05, 0) is 35.4 Å². The number of nitrogens with zero attached hydrogens (tertiary/aromatic N) is 2. The van der Waals surface area contributed by atoms with Crippen molar-refractivity contribution in [3.05, 3.63) is 59.7 Å². The van der Waals surface area contributed by atoms with Crippen molar-refractivity contribution in [3.8, 4) is 24.0 Å². The van der Waals surface area contributed by atoms with E-state index >= 15 is 0 Å². The van der Waals surface area contributed by atoms with Gasteiger partial charge in [0.2, 0.25) is 0 Å². The van der Waals surface area contributed by atoms with Crippen LogP contribution in [0.2, 0.25) is 0 Å². The van der Waals surface area contributed by atoms with E-state index in [4.69, 9.17) is 20.0 Å². The average Bonchev–Trinajstić information content (AvgIpc) is 2.48. The number of hydrogen-bond acceptors (Lipinski definition) is 4. The zero-order valence-corrected chi connectivity index (χ0v) is 10.9. The van der Waals surface area contributed by atoms with E-state index in [1.807, 2.05) is 43.3 Å². The Morgan fingerprint density at radius 1 is 0.850 bits per heavy atom. The van der Waals surface area contributed by atoms with Gasteiger partial charge in [0, 0.05) is 5.92 Å². The van der Waals surface area contributed by atoms with Gasteiger partial charge in [-0.3, -0.25) is 0 Å². The lowest BCUT2D eigenvalue weighted by molar-refractivity contribution is 0.505. The summed E-state index contributed by atoms with van der Waals surface area (Å²) in [6, 6.07) is 14.7. The highest BCUT2D eigenvalue weighted by atomic mass is 16.5. The first-order valence-corrected chi connectivity index (χ1v) is 6.06. The Labute approximate surface area is 117 Å². The van der Waals surface area contributed by atoms with Crippen LogP contribution in [0.3, 0.4) is 0 Å². The molecule has 0 heterocycles. The maximum Gasteiger partial charge on any atom is 0.292 e. The Hall–Kier alpha value is -2.98. The molecule has 0 aliphatic carbocycles. The van der Waals surface area contributed by atoms with Crippen molar-refractivity contribution < 1.29 is 9.47 Å². The van der Waals surface area contributed by atoms with Crippen molar-refractivity contribution in [2.45, 2.75) is 12.8 Å². The standard InChI is InChI=1S/C16H12N2O2/c1-12(13-4-2-6-15(8-13)19-10-17)14-5-3-7-16(9-14)20-11-18/h2-9,12H,1H3. The van der Waals surface area contributed by atoms with Crippen LogP contribution in [0.5, 0.6) is 11.5 Å². The van der Waals surface area contributed by atoms with Crippen molar-refractivity contribution in [1.82, 2.24) is 0 Å². The fourth-order valence-electron chi connectivity index (χ4n) is 1.99. The molecule has 4 nitrogen and oxygen atoms in total. The highest BCUT2D eigenvalue weighted by Crippen LogP contribution is 2.28. The zero-order valence-electron chi connectivity index (χ0n) is 10.9. The Kier molecular flexibility index (Phi) is 4.21. The summed E-state index contributed by atoms with van der Waals surface area (Å²) in [5, 5.41) is 17.1. The van der Waals surface area contributed by atoms with Gasteiger partial charge in [0.1, 0.15) is 11.5 Å². The summed E-state index contributed by atoms with van der Waals surface area (Å²) in [6.07, 6.45) is 3.32. The summed E-state index contributed by atoms with van der Waals surface area (Å²) in [4.78, 5) is 0. The molecule has 2 rings (SSSR count). The molecule has 0 bridgehead atoms. The highest BCUT2D eigenvalue weighted by Gasteiger charge is 2.10. The molecule has 0 spiro atoms. The van der Waals surface area contributed by atoms with Crippen molar-refractivity contribution >= 4 is 0 Å². The van der Waals surface area contributed by atoms with Crippen molar-refractivity contribution in [2.24, 2.45) is 0 Å². The molecule has 0 aliphatic heterocycles. The Morgan fingerprint density at radius 2 is 1.30 bits per heavy atom. The lowest BCUT2D eigenvalue weighted by atomic mass is 9.93. The molecule has 0 aliphatic rings. The highest BCUT2D eigenvalue weighted by molar-refractivity contribution is 5.39. The van der Waals surface area contributed by atoms with E-state index < -0.39 is 0 Å². The monoisotopic (exact) mass is 264 g/mol. The van der Waals surface area contributed by atoms with E-state index in [2.05, 4.69) is 0 Å². The molecular formula is C16H12N2O2. The van der Waals surface area contributed by atoms with Gasteiger partial charge in [0.05, 0.1) is 0 Å². The molecule has 0 fully saturated rings. The van der Waals surface area contributed by atoms with Gasteiger partial charge in [0.25, 0.3) is 12.5 Å². The molecule has 2 aromatic rings. The summed E-state index contributed by atoms with van der Waals surface area (Å²) in [7, 11) is 0. The zero-order chi connectivity index (χ0) is 14.4. The minimum absolute atomic E-state index is 0.0967. The van der Waals surface area contributed by atoms with Crippen LogP contribution < -0.4 is 9.47 Å². The molecule has 0 saturated heterocycles. The average molecular weight is 264 g/mol.